The van der Waals surface area contributed by atoms with Crippen molar-refractivity contribution in [1.82, 2.24) is 15.1 Å². The molecule has 0 aromatic carbocycles. The summed E-state index contributed by atoms with van der Waals surface area (Å²) >= 11 is 6.96. The average molecular weight is 442 g/mol. The lowest BCUT2D eigenvalue weighted by molar-refractivity contribution is 0.171. The highest BCUT2D eigenvalue weighted by molar-refractivity contribution is 9.11. The topological polar surface area (TPSA) is 35.6 Å². The van der Waals surface area contributed by atoms with E-state index >= 15 is 0 Å². The van der Waals surface area contributed by atoms with E-state index in [0.717, 1.165) is 42.8 Å². The van der Waals surface area contributed by atoms with Crippen LogP contribution in [0.2, 0.25) is 0 Å². The number of nitrogens with zero attached hydrogens (tertiary/aromatic N) is 2. The highest BCUT2D eigenvalue weighted by Crippen LogP contribution is 2.23. The molecule has 0 radical (unpaired) electrons. The molecule has 0 saturated carbocycles. The highest BCUT2D eigenvalue weighted by atomic mass is 79.9. The Hall–Kier alpha value is -0.890. The van der Waals surface area contributed by atoms with Crippen LogP contribution >= 0.6 is 38.6 Å². The van der Waals surface area contributed by atoms with E-state index in [0.29, 0.717) is 12.5 Å². The van der Waals surface area contributed by atoms with Crippen molar-refractivity contribution in [3.63, 3.8) is 0 Å². The average Bonchev–Trinajstić information content (AvgIpc) is 3.25. The molecule has 0 spiro atoms. The van der Waals surface area contributed by atoms with E-state index < -0.39 is 0 Å². The molecule has 1 saturated heterocycles. The molecule has 1 aliphatic rings. The van der Waals surface area contributed by atoms with Gasteiger partial charge in [-0.15, -0.1) is 22.7 Å². The number of carbonyl (C=O) groups excluding carboxylic acids is 1. The number of hydrogen-bond donors (Lipinski definition) is 1. The van der Waals surface area contributed by atoms with Gasteiger partial charge in [0.15, 0.2) is 0 Å². The SMILES string of the molecule is CN(Cc1ccc(Br)s1)C(=O)NCC1CCN(Cc2cccs2)CC1. The minimum Gasteiger partial charge on any atom is -0.338 e. The Bertz CT molecular complexity index is 666. The molecular weight excluding hydrogens is 418 g/mol. The first-order valence-electron chi connectivity index (χ1n) is 8.58. The Morgan fingerprint density at radius 1 is 1.32 bits per heavy atom. The molecule has 0 bridgehead atoms. The number of halogens is 1. The minimum atomic E-state index is 0.0190. The second-order valence-corrected chi connectivity index (χ2v) is 10.1. The fraction of sp³-hybridized carbons (Fsp3) is 0.500. The zero-order chi connectivity index (χ0) is 17.6. The molecule has 1 N–H and O–H groups in total. The first-order chi connectivity index (χ1) is 12.1. The zero-order valence-corrected chi connectivity index (χ0v) is 17.6. The van der Waals surface area contributed by atoms with Crippen LogP contribution < -0.4 is 5.32 Å². The van der Waals surface area contributed by atoms with Gasteiger partial charge in [0, 0.05) is 29.9 Å². The number of thiophene rings is 2. The maximum Gasteiger partial charge on any atom is 0.317 e. The first-order valence-corrected chi connectivity index (χ1v) is 11.1. The van der Waals surface area contributed by atoms with Crippen molar-refractivity contribution in [2.75, 3.05) is 26.7 Å². The Morgan fingerprint density at radius 3 is 2.76 bits per heavy atom. The Morgan fingerprint density at radius 2 is 2.12 bits per heavy atom. The van der Waals surface area contributed by atoms with Crippen molar-refractivity contribution in [2.24, 2.45) is 5.92 Å². The van der Waals surface area contributed by atoms with Gasteiger partial charge in [-0.3, -0.25) is 4.90 Å². The van der Waals surface area contributed by atoms with Crippen molar-refractivity contribution < 1.29 is 4.79 Å². The van der Waals surface area contributed by atoms with Crippen molar-refractivity contribution in [2.45, 2.75) is 25.9 Å². The molecule has 136 valence electrons. The summed E-state index contributed by atoms with van der Waals surface area (Å²) in [4.78, 5) is 19.2. The Kier molecular flexibility index (Phi) is 6.92. The number of amides is 2. The van der Waals surface area contributed by atoms with Crippen LogP contribution in [0.5, 0.6) is 0 Å². The third-order valence-corrected chi connectivity index (χ3v) is 7.05. The monoisotopic (exact) mass is 441 g/mol. The van der Waals surface area contributed by atoms with Gasteiger partial charge in [-0.25, -0.2) is 4.79 Å². The molecule has 2 amide bonds. The molecule has 3 heterocycles. The molecular formula is C18H24BrN3OS2. The zero-order valence-electron chi connectivity index (χ0n) is 14.4. The third kappa shape index (κ3) is 5.81. The van der Waals surface area contributed by atoms with Gasteiger partial charge in [0.25, 0.3) is 0 Å². The summed E-state index contributed by atoms with van der Waals surface area (Å²) in [6.07, 6.45) is 2.32. The van der Waals surface area contributed by atoms with Gasteiger partial charge < -0.3 is 10.2 Å². The lowest BCUT2D eigenvalue weighted by Gasteiger charge is -2.32. The summed E-state index contributed by atoms with van der Waals surface area (Å²) in [6.45, 7) is 4.75. The van der Waals surface area contributed by atoms with Gasteiger partial charge in [-0.2, -0.15) is 0 Å². The van der Waals surface area contributed by atoms with Crippen molar-refractivity contribution >= 4 is 44.6 Å². The van der Waals surface area contributed by atoms with Crippen LogP contribution in [0.1, 0.15) is 22.6 Å². The summed E-state index contributed by atoms with van der Waals surface area (Å²) in [5.41, 5.74) is 0. The largest absolute Gasteiger partial charge is 0.338 e. The molecule has 0 aliphatic carbocycles. The molecule has 2 aromatic rings. The number of nitrogens with one attached hydrogen (secondary N) is 1. The number of rotatable bonds is 6. The second kappa shape index (κ2) is 9.16. The van der Waals surface area contributed by atoms with E-state index in [1.54, 1.807) is 16.2 Å². The number of urea groups is 1. The van der Waals surface area contributed by atoms with E-state index in [4.69, 9.17) is 0 Å². The van der Waals surface area contributed by atoms with Gasteiger partial charge in [0.05, 0.1) is 10.3 Å². The van der Waals surface area contributed by atoms with Gasteiger partial charge in [0.1, 0.15) is 0 Å². The van der Waals surface area contributed by atoms with E-state index in [9.17, 15) is 4.79 Å². The van der Waals surface area contributed by atoms with Crippen molar-refractivity contribution in [3.05, 3.63) is 43.2 Å². The molecule has 7 heteroatoms. The number of hydrogen-bond acceptors (Lipinski definition) is 4. The molecule has 0 atom stereocenters. The fourth-order valence-electron chi connectivity index (χ4n) is 3.08. The molecule has 4 nitrogen and oxygen atoms in total. The number of likely N-dealkylation sites (tertiary alicyclic amines) is 1. The van der Waals surface area contributed by atoms with Crippen LogP contribution in [-0.4, -0.2) is 42.5 Å². The maximum absolute atomic E-state index is 12.3. The minimum absolute atomic E-state index is 0.0190. The van der Waals surface area contributed by atoms with Crippen molar-refractivity contribution in [3.8, 4) is 0 Å². The van der Waals surface area contributed by atoms with E-state index in [2.05, 4.69) is 49.7 Å². The van der Waals surface area contributed by atoms with E-state index in [-0.39, 0.29) is 6.03 Å². The summed E-state index contributed by atoms with van der Waals surface area (Å²) in [5.74, 6) is 0.591. The van der Waals surface area contributed by atoms with Crippen LogP contribution in [0, 0.1) is 5.92 Å². The van der Waals surface area contributed by atoms with Gasteiger partial charge in [0.2, 0.25) is 0 Å². The second-order valence-electron chi connectivity index (χ2n) is 6.55. The van der Waals surface area contributed by atoms with Gasteiger partial charge >= 0.3 is 6.03 Å². The van der Waals surface area contributed by atoms with Crippen LogP contribution in [-0.2, 0) is 13.1 Å². The quantitative estimate of drug-likeness (QED) is 0.709. The third-order valence-electron chi connectivity index (χ3n) is 4.58. The Labute approximate surface area is 166 Å². The lowest BCUT2D eigenvalue weighted by Crippen LogP contribution is -2.42. The molecule has 0 unspecified atom stereocenters. The van der Waals surface area contributed by atoms with Gasteiger partial charge in [-0.1, -0.05) is 6.07 Å². The lowest BCUT2D eigenvalue weighted by atomic mass is 9.97. The number of carbonyl (C=O) groups is 1. The predicted octanol–water partition coefficient (Wildman–Crippen LogP) is 4.63. The van der Waals surface area contributed by atoms with Crippen LogP contribution in [0.4, 0.5) is 4.79 Å². The first kappa shape index (κ1) is 18.9. The summed E-state index contributed by atoms with van der Waals surface area (Å²) in [7, 11) is 1.85. The van der Waals surface area contributed by atoms with Crippen LogP contribution in [0.15, 0.2) is 33.4 Å². The van der Waals surface area contributed by atoms with Crippen molar-refractivity contribution in [1.29, 1.82) is 0 Å². The normalized spacial score (nSPS) is 16.1. The van der Waals surface area contributed by atoms with Crippen LogP contribution in [0.25, 0.3) is 0 Å². The molecule has 1 fully saturated rings. The molecule has 2 aromatic heterocycles. The smallest absolute Gasteiger partial charge is 0.317 e. The number of piperidine rings is 1. The van der Waals surface area contributed by atoms with Crippen LogP contribution in [0.3, 0.4) is 0 Å². The summed E-state index contributed by atoms with van der Waals surface area (Å²) < 4.78 is 1.10. The fourth-order valence-corrected chi connectivity index (χ4v) is 5.36. The predicted molar refractivity (Wildman–Crippen MR) is 109 cm³/mol. The summed E-state index contributed by atoms with van der Waals surface area (Å²) in [6, 6.07) is 8.43. The maximum atomic E-state index is 12.3. The highest BCUT2D eigenvalue weighted by Gasteiger charge is 2.20. The standard InChI is InChI=1S/C18H24BrN3OS2/c1-21(12-16-4-5-17(19)25-16)18(23)20-11-14-6-8-22(9-7-14)13-15-3-2-10-24-15/h2-5,10,14H,6-9,11-13H2,1H3,(H,20,23). The van der Waals surface area contributed by atoms with Gasteiger partial charge in [-0.05, 0) is 71.4 Å². The van der Waals surface area contributed by atoms with E-state index in [1.807, 2.05) is 24.5 Å². The van der Waals surface area contributed by atoms with E-state index in [1.165, 1.54) is 9.75 Å². The molecule has 25 heavy (non-hydrogen) atoms. The Balaban J connectivity index is 1.35. The summed E-state index contributed by atoms with van der Waals surface area (Å²) in [5, 5.41) is 5.24. The molecule has 3 rings (SSSR count). The molecule has 1 aliphatic heterocycles.